The zero-order chi connectivity index (χ0) is 16.5. The lowest BCUT2D eigenvalue weighted by molar-refractivity contribution is -0.123. The summed E-state index contributed by atoms with van der Waals surface area (Å²) in [5.74, 6) is 0.833. The Kier molecular flexibility index (Phi) is 4.66. The summed E-state index contributed by atoms with van der Waals surface area (Å²) in [6.07, 6.45) is 10.4. The Hall–Kier alpha value is -1.29. The van der Waals surface area contributed by atoms with Crippen LogP contribution in [0, 0.1) is 5.92 Å². The van der Waals surface area contributed by atoms with Gasteiger partial charge in [0.25, 0.3) is 0 Å². The lowest BCUT2D eigenvalue weighted by Gasteiger charge is -2.26. The molecule has 2 aromatic rings. The number of aromatic amines is 1. The molecule has 1 aromatic heterocycles. The van der Waals surface area contributed by atoms with Gasteiger partial charge in [-0.05, 0) is 61.8 Å². The number of hydrogen-bond acceptors (Lipinski definition) is 1. The van der Waals surface area contributed by atoms with Crippen molar-refractivity contribution in [1.82, 2.24) is 10.3 Å². The number of rotatable bonds is 3. The number of aromatic nitrogens is 1. The second-order valence-electron chi connectivity index (χ2n) is 7.43. The van der Waals surface area contributed by atoms with Crippen molar-refractivity contribution < 1.29 is 4.79 Å². The fourth-order valence-corrected chi connectivity index (χ4v) is 4.85. The Morgan fingerprint density at radius 2 is 2.00 bits per heavy atom. The van der Waals surface area contributed by atoms with Crippen LogP contribution in [0.25, 0.3) is 10.9 Å². The molecule has 0 aliphatic heterocycles. The molecular formula is C20H25BrN2O. The van der Waals surface area contributed by atoms with Gasteiger partial charge in [0, 0.05) is 27.5 Å². The maximum absolute atomic E-state index is 12.5. The van der Waals surface area contributed by atoms with Crippen molar-refractivity contribution in [1.29, 1.82) is 0 Å². The number of nitrogens with one attached hydrogen (secondary N) is 2. The van der Waals surface area contributed by atoms with E-state index in [0.29, 0.717) is 12.3 Å². The quantitative estimate of drug-likeness (QED) is 0.726. The van der Waals surface area contributed by atoms with E-state index >= 15 is 0 Å². The summed E-state index contributed by atoms with van der Waals surface area (Å²) >= 11 is 3.57. The van der Waals surface area contributed by atoms with E-state index in [0.717, 1.165) is 23.7 Å². The molecule has 0 radical (unpaired) electrons. The average Bonchev–Trinajstić information content (AvgIpc) is 2.95. The molecule has 2 N–H and O–H groups in total. The van der Waals surface area contributed by atoms with Gasteiger partial charge in [-0.1, -0.05) is 35.2 Å². The summed E-state index contributed by atoms with van der Waals surface area (Å²) in [7, 11) is 0. The number of H-pyrrole nitrogens is 1. The highest BCUT2D eigenvalue weighted by Crippen LogP contribution is 2.36. The smallest absolute Gasteiger partial charge is 0.220 e. The Morgan fingerprint density at radius 1 is 1.17 bits per heavy atom. The first-order valence-electron chi connectivity index (χ1n) is 9.30. The molecule has 0 saturated heterocycles. The maximum atomic E-state index is 12.5. The van der Waals surface area contributed by atoms with Gasteiger partial charge in [0.15, 0.2) is 0 Å². The van der Waals surface area contributed by atoms with Gasteiger partial charge in [-0.3, -0.25) is 4.79 Å². The highest BCUT2D eigenvalue weighted by Gasteiger charge is 2.26. The van der Waals surface area contributed by atoms with Crippen molar-refractivity contribution in [2.45, 2.75) is 63.8 Å². The van der Waals surface area contributed by atoms with Crippen molar-refractivity contribution >= 4 is 32.7 Å². The normalized spacial score (nSPS) is 21.6. The minimum absolute atomic E-state index is 0.149. The Morgan fingerprint density at radius 3 is 2.83 bits per heavy atom. The summed E-state index contributed by atoms with van der Waals surface area (Å²) in [5, 5.41) is 4.61. The SMILES string of the molecule is O=C(CC1CCCCC1)NC1CCCc2c1[nH]c1ccc(Br)cc21. The van der Waals surface area contributed by atoms with Crippen molar-refractivity contribution in [2.24, 2.45) is 5.92 Å². The third-order valence-corrected chi connectivity index (χ3v) is 6.20. The molecule has 4 rings (SSSR count). The van der Waals surface area contributed by atoms with Gasteiger partial charge >= 0.3 is 0 Å². The van der Waals surface area contributed by atoms with Crippen LogP contribution in [0.3, 0.4) is 0 Å². The van der Waals surface area contributed by atoms with Crippen LogP contribution >= 0.6 is 15.9 Å². The van der Waals surface area contributed by atoms with Gasteiger partial charge in [0.1, 0.15) is 0 Å². The van der Waals surface area contributed by atoms with E-state index in [1.807, 2.05) is 0 Å². The number of hydrogen-bond donors (Lipinski definition) is 2. The Bertz CT molecular complexity index is 745. The third-order valence-electron chi connectivity index (χ3n) is 5.70. The molecule has 1 atom stereocenters. The van der Waals surface area contributed by atoms with Crippen LogP contribution in [0.15, 0.2) is 22.7 Å². The predicted octanol–water partition coefficient (Wildman–Crippen LogP) is 5.39. The van der Waals surface area contributed by atoms with E-state index in [1.54, 1.807) is 0 Å². The summed E-state index contributed by atoms with van der Waals surface area (Å²) < 4.78 is 1.11. The van der Waals surface area contributed by atoms with E-state index in [4.69, 9.17) is 0 Å². The molecule has 1 aromatic carbocycles. The standard InChI is InChI=1S/C20H25BrN2O/c21-14-9-10-17-16(12-14)15-7-4-8-18(20(15)23-17)22-19(24)11-13-5-2-1-3-6-13/h9-10,12-13,18,23H,1-8,11H2,(H,22,24). The largest absolute Gasteiger partial charge is 0.356 e. The van der Waals surface area contributed by atoms with E-state index < -0.39 is 0 Å². The summed E-state index contributed by atoms with van der Waals surface area (Å²) in [6, 6.07) is 6.53. The highest BCUT2D eigenvalue weighted by atomic mass is 79.9. The number of carbonyl (C=O) groups excluding carboxylic acids is 1. The molecule has 4 heteroatoms. The van der Waals surface area contributed by atoms with Crippen LogP contribution in [-0.4, -0.2) is 10.9 Å². The average molecular weight is 389 g/mol. The maximum Gasteiger partial charge on any atom is 0.220 e. The van der Waals surface area contributed by atoms with Gasteiger partial charge < -0.3 is 10.3 Å². The second-order valence-corrected chi connectivity index (χ2v) is 8.34. The zero-order valence-corrected chi connectivity index (χ0v) is 15.6. The summed E-state index contributed by atoms with van der Waals surface area (Å²) in [6.45, 7) is 0. The molecule has 1 heterocycles. The van der Waals surface area contributed by atoms with Crippen LogP contribution < -0.4 is 5.32 Å². The molecule has 0 bridgehead atoms. The zero-order valence-electron chi connectivity index (χ0n) is 14.0. The highest BCUT2D eigenvalue weighted by molar-refractivity contribution is 9.10. The van der Waals surface area contributed by atoms with Crippen LogP contribution in [0.1, 0.15) is 68.7 Å². The molecular weight excluding hydrogens is 364 g/mol. The van der Waals surface area contributed by atoms with E-state index in [2.05, 4.69) is 44.4 Å². The minimum Gasteiger partial charge on any atom is -0.356 e. The first kappa shape index (κ1) is 16.2. The van der Waals surface area contributed by atoms with Gasteiger partial charge in [0.05, 0.1) is 6.04 Å². The number of carbonyl (C=O) groups is 1. The summed E-state index contributed by atoms with van der Waals surface area (Å²) in [5.41, 5.74) is 3.79. The van der Waals surface area contributed by atoms with Crippen LogP contribution in [-0.2, 0) is 11.2 Å². The van der Waals surface area contributed by atoms with Crippen molar-refractivity contribution in [3.63, 3.8) is 0 Å². The lowest BCUT2D eigenvalue weighted by Crippen LogP contribution is -2.32. The summed E-state index contributed by atoms with van der Waals surface area (Å²) in [4.78, 5) is 16.1. The molecule has 1 unspecified atom stereocenters. The van der Waals surface area contributed by atoms with Crippen molar-refractivity contribution in [3.8, 4) is 0 Å². The van der Waals surface area contributed by atoms with Crippen molar-refractivity contribution in [2.75, 3.05) is 0 Å². The molecule has 128 valence electrons. The number of benzene rings is 1. The molecule has 2 aliphatic rings. The van der Waals surface area contributed by atoms with E-state index in [1.165, 1.54) is 54.3 Å². The third kappa shape index (κ3) is 3.26. The molecule has 1 fully saturated rings. The number of amides is 1. The topological polar surface area (TPSA) is 44.9 Å². The minimum atomic E-state index is 0.149. The van der Waals surface area contributed by atoms with E-state index in [9.17, 15) is 4.79 Å². The molecule has 2 aliphatic carbocycles. The Labute approximate surface area is 151 Å². The van der Waals surface area contributed by atoms with Crippen LogP contribution in [0.2, 0.25) is 0 Å². The van der Waals surface area contributed by atoms with Gasteiger partial charge in [-0.15, -0.1) is 0 Å². The lowest BCUT2D eigenvalue weighted by atomic mass is 9.86. The number of aryl methyl sites for hydroxylation is 1. The molecule has 1 saturated carbocycles. The predicted molar refractivity (Wildman–Crippen MR) is 101 cm³/mol. The Balaban J connectivity index is 1.51. The van der Waals surface area contributed by atoms with Gasteiger partial charge in [0.2, 0.25) is 5.91 Å². The number of fused-ring (bicyclic) bond motifs is 3. The second kappa shape index (κ2) is 6.91. The van der Waals surface area contributed by atoms with Crippen molar-refractivity contribution in [3.05, 3.63) is 33.9 Å². The van der Waals surface area contributed by atoms with Gasteiger partial charge in [-0.25, -0.2) is 0 Å². The first-order chi connectivity index (χ1) is 11.7. The molecule has 1 amide bonds. The van der Waals surface area contributed by atoms with Crippen LogP contribution in [0.4, 0.5) is 0 Å². The fraction of sp³-hybridized carbons (Fsp3) is 0.550. The molecule has 0 spiro atoms. The van der Waals surface area contributed by atoms with E-state index in [-0.39, 0.29) is 11.9 Å². The fourth-order valence-electron chi connectivity index (χ4n) is 4.49. The molecule has 24 heavy (non-hydrogen) atoms. The molecule has 3 nitrogen and oxygen atoms in total. The first-order valence-corrected chi connectivity index (χ1v) is 10.1. The monoisotopic (exact) mass is 388 g/mol. The number of halogens is 1. The van der Waals surface area contributed by atoms with Gasteiger partial charge in [-0.2, -0.15) is 0 Å². The van der Waals surface area contributed by atoms with Crippen LogP contribution in [0.5, 0.6) is 0 Å².